The maximum Gasteiger partial charge on any atom is 0.191 e. The van der Waals surface area contributed by atoms with Crippen molar-refractivity contribution in [2.75, 3.05) is 25.1 Å². The summed E-state index contributed by atoms with van der Waals surface area (Å²) in [4.78, 5) is 3.99. The van der Waals surface area contributed by atoms with Crippen LogP contribution in [0.25, 0.3) is 0 Å². The molecule has 5 nitrogen and oxygen atoms in total. The van der Waals surface area contributed by atoms with Gasteiger partial charge in [0.15, 0.2) is 15.8 Å². The monoisotopic (exact) mass is 301 g/mol. The summed E-state index contributed by atoms with van der Waals surface area (Å²) in [6.07, 6.45) is 0. The van der Waals surface area contributed by atoms with Gasteiger partial charge >= 0.3 is 0 Å². The predicted molar refractivity (Wildman–Crippen MR) is 78.9 cm³/mol. The number of guanidine groups is 1. The van der Waals surface area contributed by atoms with Gasteiger partial charge in [-0.25, -0.2) is 12.8 Å². The molecule has 1 rings (SSSR count). The van der Waals surface area contributed by atoms with Gasteiger partial charge in [0, 0.05) is 25.9 Å². The summed E-state index contributed by atoms with van der Waals surface area (Å²) in [6, 6.07) is 6.14. The summed E-state index contributed by atoms with van der Waals surface area (Å²) < 4.78 is 35.4. The van der Waals surface area contributed by atoms with Crippen molar-refractivity contribution in [1.82, 2.24) is 10.6 Å². The van der Waals surface area contributed by atoms with Crippen molar-refractivity contribution in [2.24, 2.45) is 4.99 Å². The number of sulfone groups is 1. The highest BCUT2D eigenvalue weighted by Crippen LogP contribution is 2.01. The van der Waals surface area contributed by atoms with E-state index in [1.165, 1.54) is 12.1 Å². The molecule has 0 spiro atoms. The van der Waals surface area contributed by atoms with Crippen LogP contribution in [-0.2, 0) is 16.4 Å². The lowest BCUT2D eigenvalue weighted by Gasteiger charge is -2.11. The van der Waals surface area contributed by atoms with Crippen LogP contribution >= 0.6 is 0 Å². The molecule has 7 heteroatoms. The molecule has 2 N–H and O–H groups in total. The molecule has 20 heavy (non-hydrogen) atoms. The molecule has 0 unspecified atom stereocenters. The molecular formula is C13H20FN3O2S. The smallest absolute Gasteiger partial charge is 0.191 e. The number of aliphatic imine (C=N–C) groups is 1. The van der Waals surface area contributed by atoms with E-state index in [1.807, 2.05) is 0 Å². The highest BCUT2D eigenvalue weighted by Gasteiger charge is 2.07. The maximum absolute atomic E-state index is 12.8. The van der Waals surface area contributed by atoms with Crippen molar-refractivity contribution < 1.29 is 12.8 Å². The van der Waals surface area contributed by atoms with Crippen molar-refractivity contribution in [1.29, 1.82) is 0 Å². The predicted octanol–water partition coefficient (Wildman–Crippen LogP) is 0.925. The van der Waals surface area contributed by atoms with E-state index in [0.29, 0.717) is 19.0 Å². The lowest BCUT2D eigenvalue weighted by molar-refractivity contribution is 0.595. The lowest BCUT2D eigenvalue weighted by Crippen LogP contribution is -2.39. The van der Waals surface area contributed by atoms with Crippen LogP contribution in [0.5, 0.6) is 0 Å². The van der Waals surface area contributed by atoms with Crippen LogP contribution in [0.2, 0.25) is 0 Å². The van der Waals surface area contributed by atoms with E-state index < -0.39 is 9.84 Å². The van der Waals surface area contributed by atoms with Gasteiger partial charge in [-0.05, 0) is 17.7 Å². The van der Waals surface area contributed by atoms with E-state index in [-0.39, 0.29) is 17.3 Å². The van der Waals surface area contributed by atoms with Crippen LogP contribution in [0, 0.1) is 5.82 Å². The zero-order valence-electron chi connectivity index (χ0n) is 11.7. The van der Waals surface area contributed by atoms with Crippen LogP contribution in [0.4, 0.5) is 4.39 Å². The van der Waals surface area contributed by atoms with E-state index in [9.17, 15) is 12.8 Å². The number of hydrogen-bond donors (Lipinski definition) is 2. The largest absolute Gasteiger partial charge is 0.355 e. The molecule has 0 fully saturated rings. The van der Waals surface area contributed by atoms with Gasteiger partial charge in [-0.1, -0.05) is 19.1 Å². The Hall–Kier alpha value is -1.63. The molecule has 0 amide bonds. The van der Waals surface area contributed by atoms with E-state index in [4.69, 9.17) is 0 Å². The summed E-state index contributed by atoms with van der Waals surface area (Å²) in [5.74, 6) is 0.443. The van der Waals surface area contributed by atoms with Crippen LogP contribution in [-0.4, -0.2) is 39.5 Å². The van der Waals surface area contributed by atoms with Gasteiger partial charge in [0.05, 0.1) is 5.75 Å². The van der Waals surface area contributed by atoms with E-state index in [0.717, 1.165) is 5.56 Å². The second kappa shape index (κ2) is 7.84. The van der Waals surface area contributed by atoms with Crippen LogP contribution < -0.4 is 10.6 Å². The average Bonchev–Trinajstić information content (AvgIpc) is 2.44. The molecular weight excluding hydrogens is 281 g/mol. The van der Waals surface area contributed by atoms with Gasteiger partial charge in [-0.2, -0.15) is 0 Å². The molecule has 0 saturated heterocycles. The number of hydrogen-bond acceptors (Lipinski definition) is 3. The zero-order valence-corrected chi connectivity index (χ0v) is 12.5. The SMILES string of the molecule is CCS(=O)(=O)CCNC(=NC)NCc1ccc(F)cc1. The van der Waals surface area contributed by atoms with Crippen LogP contribution in [0.15, 0.2) is 29.3 Å². The Morgan fingerprint density at radius 1 is 1.25 bits per heavy atom. The number of halogens is 1. The minimum Gasteiger partial charge on any atom is -0.355 e. The summed E-state index contributed by atoms with van der Waals surface area (Å²) in [6.45, 7) is 2.41. The number of nitrogens with one attached hydrogen (secondary N) is 2. The Kier molecular flexibility index (Phi) is 6.44. The highest BCUT2D eigenvalue weighted by atomic mass is 32.2. The Labute approximate surface area is 119 Å². The number of rotatable bonds is 6. The Morgan fingerprint density at radius 2 is 1.90 bits per heavy atom. The summed E-state index contributed by atoms with van der Waals surface area (Å²) in [7, 11) is -1.38. The van der Waals surface area contributed by atoms with E-state index in [1.54, 1.807) is 26.1 Å². The molecule has 0 atom stereocenters. The van der Waals surface area contributed by atoms with Crippen LogP contribution in [0.1, 0.15) is 12.5 Å². The fraction of sp³-hybridized carbons (Fsp3) is 0.462. The van der Waals surface area contributed by atoms with Gasteiger partial charge in [-0.15, -0.1) is 0 Å². The van der Waals surface area contributed by atoms with Crippen LogP contribution in [0.3, 0.4) is 0 Å². The topological polar surface area (TPSA) is 70.6 Å². The molecule has 0 aliphatic heterocycles. The first-order chi connectivity index (χ1) is 9.46. The Balaban J connectivity index is 2.39. The van der Waals surface area contributed by atoms with Gasteiger partial charge in [0.25, 0.3) is 0 Å². The average molecular weight is 301 g/mol. The molecule has 0 saturated carbocycles. The third kappa shape index (κ3) is 6.01. The molecule has 0 heterocycles. The zero-order chi connectivity index (χ0) is 15.0. The third-order valence-electron chi connectivity index (χ3n) is 2.74. The normalized spacial score (nSPS) is 12.2. The molecule has 0 bridgehead atoms. The highest BCUT2D eigenvalue weighted by molar-refractivity contribution is 7.91. The van der Waals surface area contributed by atoms with Crippen molar-refractivity contribution in [2.45, 2.75) is 13.5 Å². The van der Waals surface area contributed by atoms with Crippen molar-refractivity contribution in [3.8, 4) is 0 Å². The fourth-order valence-corrected chi connectivity index (χ4v) is 2.18. The van der Waals surface area contributed by atoms with Gasteiger partial charge < -0.3 is 10.6 Å². The summed E-state index contributed by atoms with van der Waals surface area (Å²) >= 11 is 0. The molecule has 0 radical (unpaired) electrons. The first kappa shape index (κ1) is 16.4. The first-order valence-corrected chi connectivity index (χ1v) is 8.18. The Morgan fingerprint density at radius 3 is 2.45 bits per heavy atom. The maximum atomic E-state index is 12.8. The fourth-order valence-electron chi connectivity index (χ4n) is 1.48. The third-order valence-corrected chi connectivity index (χ3v) is 4.45. The molecule has 0 aliphatic carbocycles. The minimum atomic E-state index is -2.98. The van der Waals surface area contributed by atoms with E-state index in [2.05, 4.69) is 15.6 Å². The molecule has 1 aromatic rings. The second-order valence-electron chi connectivity index (χ2n) is 4.22. The molecule has 1 aromatic carbocycles. The summed E-state index contributed by atoms with van der Waals surface area (Å²) in [5.41, 5.74) is 0.913. The standard InChI is InChI=1S/C13H20FN3O2S/c1-3-20(18,19)9-8-16-13(15-2)17-10-11-4-6-12(14)7-5-11/h4-7H,3,8-10H2,1-2H3,(H2,15,16,17). The van der Waals surface area contributed by atoms with Crippen molar-refractivity contribution in [3.63, 3.8) is 0 Å². The Bertz CT molecular complexity index is 541. The van der Waals surface area contributed by atoms with Gasteiger partial charge in [0.1, 0.15) is 5.82 Å². The number of benzene rings is 1. The summed E-state index contributed by atoms with van der Waals surface area (Å²) in [5, 5.41) is 5.96. The lowest BCUT2D eigenvalue weighted by atomic mass is 10.2. The molecule has 112 valence electrons. The van der Waals surface area contributed by atoms with Gasteiger partial charge in [-0.3, -0.25) is 4.99 Å². The first-order valence-electron chi connectivity index (χ1n) is 6.36. The van der Waals surface area contributed by atoms with Gasteiger partial charge in [0.2, 0.25) is 0 Å². The molecule has 0 aliphatic rings. The minimum absolute atomic E-state index is 0.0702. The number of nitrogens with zero attached hydrogens (tertiary/aromatic N) is 1. The van der Waals surface area contributed by atoms with E-state index >= 15 is 0 Å². The van der Waals surface area contributed by atoms with Crippen molar-refractivity contribution in [3.05, 3.63) is 35.6 Å². The van der Waals surface area contributed by atoms with Crippen molar-refractivity contribution >= 4 is 15.8 Å². The molecule has 0 aromatic heterocycles. The second-order valence-corrected chi connectivity index (χ2v) is 6.69. The quantitative estimate of drug-likeness (QED) is 0.606.